The molecule has 1 aromatic carbocycles. The lowest BCUT2D eigenvalue weighted by Crippen LogP contribution is -2.21. The van der Waals surface area contributed by atoms with Crippen LogP contribution in [0.1, 0.15) is 31.4 Å². The molecule has 114 valence electrons. The average Bonchev–Trinajstić information content (AvgIpc) is 2.32. The number of rotatable bonds is 7. The van der Waals surface area contributed by atoms with E-state index in [1.165, 1.54) is 0 Å². The van der Waals surface area contributed by atoms with Crippen LogP contribution in [0.4, 0.5) is 13.2 Å². The summed E-state index contributed by atoms with van der Waals surface area (Å²) in [6, 6.07) is 6.18. The molecule has 0 saturated carbocycles. The number of benzene rings is 1. The van der Waals surface area contributed by atoms with Crippen LogP contribution in [0, 0.1) is 0 Å². The van der Waals surface area contributed by atoms with Gasteiger partial charge in [-0.3, -0.25) is 0 Å². The Bertz CT molecular complexity index is 421. The van der Waals surface area contributed by atoms with Crippen molar-refractivity contribution in [1.82, 2.24) is 5.32 Å². The first-order valence-electron chi connectivity index (χ1n) is 6.43. The molecule has 0 aromatic heterocycles. The maximum Gasteiger partial charge on any atom is 0.391 e. The van der Waals surface area contributed by atoms with E-state index >= 15 is 0 Å². The van der Waals surface area contributed by atoms with Gasteiger partial charge in [0.2, 0.25) is 0 Å². The Morgan fingerprint density at radius 2 is 2.00 bits per heavy atom. The maximum atomic E-state index is 12.0. The summed E-state index contributed by atoms with van der Waals surface area (Å²) in [5.41, 5.74) is 1.96. The number of nitrogens with one attached hydrogen (secondary N) is 1. The van der Waals surface area contributed by atoms with Gasteiger partial charge in [-0.1, -0.05) is 41.9 Å². The van der Waals surface area contributed by atoms with Gasteiger partial charge < -0.3 is 10.1 Å². The molecule has 0 unspecified atom stereocenters. The van der Waals surface area contributed by atoms with E-state index in [1.807, 2.05) is 18.2 Å². The fourth-order valence-corrected chi connectivity index (χ4v) is 2.05. The Kier molecular flexibility index (Phi) is 6.99. The first kappa shape index (κ1) is 17.5. The van der Waals surface area contributed by atoms with Gasteiger partial charge in [-0.25, -0.2) is 0 Å². The molecule has 6 heteroatoms. The molecule has 0 aliphatic rings. The van der Waals surface area contributed by atoms with Crippen LogP contribution in [-0.4, -0.2) is 18.8 Å². The summed E-state index contributed by atoms with van der Waals surface area (Å²) >= 11 is 3.42. The summed E-state index contributed by atoms with van der Waals surface area (Å²) in [5.74, 6) is 0. The Balaban J connectivity index is 2.43. The molecule has 0 aliphatic carbocycles. The third kappa shape index (κ3) is 7.26. The third-order valence-corrected chi connectivity index (χ3v) is 3.36. The van der Waals surface area contributed by atoms with Crippen molar-refractivity contribution < 1.29 is 17.9 Å². The van der Waals surface area contributed by atoms with Gasteiger partial charge in [-0.15, -0.1) is 0 Å². The minimum atomic E-state index is -4.16. The molecule has 1 rings (SSSR count). The molecule has 0 heterocycles. The van der Waals surface area contributed by atoms with E-state index in [1.54, 1.807) is 0 Å². The number of halogens is 4. The molecule has 0 spiro atoms. The zero-order valence-electron chi connectivity index (χ0n) is 11.6. The lowest BCUT2D eigenvalue weighted by molar-refractivity contribution is -0.146. The van der Waals surface area contributed by atoms with Crippen LogP contribution in [0.3, 0.4) is 0 Å². The Morgan fingerprint density at radius 1 is 1.30 bits per heavy atom. The smallest absolute Gasteiger partial charge is 0.376 e. The van der Waals surface area contributed by atoms with E-state index in [0.29, 0.717) is 6.04 Å². The van der Waals surface area contributed by atoms with E-state index in [4.69, 9.17) is 4.74 Å². The lowest BCUT2D eigenvalue weighted by atomic mass is 10.1. The van der Waals surface area contributed by atoms with E-state index in [-0.39, 0.29) is 13.2 Å². The standard InChI is InChI=1S/C14H19BrF3NO/c1-10(2)19-8-11-3-4-12(13(15)7-11)9-20-6-5-14(16,17)18/h3-4,7,10,19H,5-6,8-9H2,1-2H3. The molecule has 2 nitrogen and oxygen atoms in total. The molecule has 0 atom stereocenters. The molecule has 0 amide bonds. The van der Waals surface area contributed by atoms with Crippen molar-refractivity contribution in [2.24, 2.45) is 0 Å². The number of ether oxygens (including phenoxy) is 1. The second-order valence-corrected chi connectivity index (χ2v) is 5.73. The maximum absolute atomic E-state index is 12.0. The third-order valence-electron chi connectivity index (χ3n) is 2.62. The average molecular weight is 354 g/mol. The van der Waals surface area contributed by atoms with Crippen LogP contribution < -0.4 is 5.32 Å². The van der Waals surface area contributed by atoms with E-state index < -0.39 is 12.6 Å². The molecule has 0 fully saturated rings. The van der Waals surface area contributed by atoms with E-state index in [2.05, 4.69) is 35.1 Å². The van der Waals surface area contributed by atoms with Crippen LogP contribution in [0.15, 0.2) is 22.7 Å². The van der Waals surface area contributed by atoms with Crippen LogP contribution in [-0.2, 0) is 17.9 Å². The summed E-state index contributed by atoms with van der Waals surface area (Å²) in [5, 5.41) is 3.30. The van der Waals surface area contributed by atoms with Crippen molar-refractivity contribution in [3.8, 4) is 0 Å². The zero-order chi connectivity index (χ0) is 15.2. The first-order chi connectivity index (χ1) is 9.28. The second kappa shape index (κ2) is 8.00. The summed E-state index contributed by atoms with van der Waals surface area (Å²) in [4.78, 5) is 0. The lowest BCUT2D eigenvalue weighted by Gasteiger charge is -2.11. The normalized spacial score (nSPS) is 12.2. The summed E-state index contributed by atoms with van der Waals surface area (Å²) in [7, 11) is 0. The molecule has 0 bridgehead atoms. The van der Waals surface area contributed by atoms with Crippen LogP contribution in [0.5, 0.6) is 0 Å². The van der Waals surface area contributed by atoms with Crippen molar-refractivity contribution in [3.63, 3.8) is 0 Å². The number of hydrogen-bond donors (Lipinski definition) is 1. The highest BCUT2D eigenvalue weighted by molar-refractivity contribution is 9.10. The molecule has 1 N–H and O–H groups in total. The number of alkyl halides is 3. The fraction of sp³-hybridized carbons (Fsp3) is 0.571. The van der Waals surface area contributed by atoms with Crippen molar-refractivity contribution >= 4 is 15.9 Å². The molecule has 0 radical (unpaired) electrons. The van der Waals surface area contributed by atoms with Gasteiger partial charge in [-0.2, -0.15) is 13.2 Å². The van der Waals surface area contributed by atoms with Crippen LogP contribution >= 0.6 is 15.9 Å². The van der Waals surface area contributed by atoms with Gasteiger partial charge >= 0.3 is 6.18 Å². The van der Waals surface area contributed by atoms with Gasteiger partial charge in [0, 0.05) is 17.1 Å². The zero-order valence-corrected chi connectivity index (χ0v) is 13.1. The molecule has 0 saturated heterocycles. The quantitative estimate of drug-likeness (QED) is 0.732. The first-order valence-corrected chi connectivity index (χ1v) is 7.22. The Morgan fingerprint density at radius 3 is 2.55 bits per heavy atom. The molecular formula is C14H19BrF3NO. The Hall–Kier alpha value is -0.590. The summed E-state index contributed by atoms with van der Waals surface area (Å²) < 4.78 is 41.8. The minimum Gasteiger partial charge on any atom is -0.376 e. The van der Waals surface area contributed by atoms with Gasteiger partial charge in [0.1, 0.15) is 0 Å². The van der Waals surface area contributed by atoms with E-state index in [0.717, 1.165) is 22.1 Å². The van der Waals surface area contributed by atoms with E-state index in [9.17, 15) is 13.2 Å². The minimum absolute atomic E-state index is 0.175. The molecule has 0 aliphatic heterocycles. The van der Waals surface area contributed by atoms with Gasteiger partial charge in [0.05, 0.1) is 19.6 Å². The molecule has 20 heavy (non-hydrogen) atoms. The fourth-order valence-electron chi connectivity index (χ4n) is 1.51. The second-order valence-electron chi connectivity index (χ2n) is 4.88. The number of hydrogen-bond acceptors (Lipinski definition) is 2. The van der Waals surface area contributed by atoms with Crippen LogP contribution in [0.2, 0.25) is 0 Å². The molecular weight excluding hydrogens is 335 g/mol. The van der Waals surface area contributed by atoms with Crippen molar-refractivity contribution in [2.75, 3.05) is 6.61 Å². The largest absolute Gasteiger partial charge is 0.391 e. The monoisotopic (exact) mass is 353 g/mol. The highest BCUT2D eigenvalue weighted by atomic mass is 79.9. The van der Waals surface area contributed by atoms with Crippen molar-refractivity contribution in [3.05, 3.63) is 33.8 Å². The van der Waals surface area contributed by atoms with Gasteiger partial charge in [0.15, 0.2) is 0 Å². The summed E-state index contributed by atoms with van der Waals surface area (Å²) in [6.45, 7) is 4.75. The van der Waals surface area contributed by atoms with Crippen molar-refractivity contribution in [2.45, 2.75) is 45.6 Å². The van der Waals surface area contributed by atoms with Gasteiger partial charge in [-0.05, 0) is 17.2 Å². The molecule has 1 aromatic rings. The Labute approximate surface area is 125 Å². The highest BCUT2D eigenvalue weighted by Gasteiger charge is 2.26. The van der Waals surface area contributed by atoms with Gasteiger partial charge in [0.25, 0.3) is 0 Å². The van der Waals surface area contributed by atoms with Crippen LogP contribution in [0.25, 0.3) is 0 Å². The highest BCUT2D eigenvalue weighted by Crippen LogP contribution is 2.22. The SMILES string of the molecule is CC(C)NCc1ccc(COCCC(F)(F)F)c(Br)c1. The topological polar surface area (TPSA) is 21.3 Å². The summed E-state index contributed by atoms with van der Waals surface area (Å²) in [6.07, 6.45) is -5.08. The van der Waals surface area contributed by atoms with Crippen molar-refractivity contribution in [1.29, 1.82) is 0 Å². The predicted octanol–water partition coefficient (Wildman–Crippen LogP) is 4.42. The predicted molar refractivity (Wildman–Crippen MR) is 76.4 cm³/mol.